The zero-order valence-electron chi connectivity index (χ0n) is 9.89. The maximum atomic E-state index is 8.55. The number of hydrogen-bond donors (Lipinski definition) is 3. The zero-order chi connectivity index (χ0) is 14.0. The molecule has 0 saturated heterocycles. The molecular formula is C10H11Cl2N5OS. The fourth-order valence-corrected chi connectivity index (χ4v) is 2.83. The molecule has 4 N–H and O–H groups in total. The Kier molecular flexibility index (Phi) is 4.28. The number of anilines is 1. The van der Waals surface area contributed by atoms with Crippen LogP contribution in [0.3, 0.4) is 0 Å². The van der Waals surface area contributed by atoms with E-state index in [2.05, 4.69) is 19.2 Å². The van der Waals surface area contributed by atoms with Crippen LogP contribution >= 0.6 is 34.9 Å². The van der Waals surface area contributed by atoms with Crippen molar-refractivity contribution < 1.29 is 5.21 Å². The van der Waals surface area contributed by atoms with Crippen molar-refractivity contribution in [1.29, 1.82) is 0 Å². The molecule has 0 aliphatic rings. The summed E-state index contributed by atoms with van der Waals surface area (Å²) in [6, 6.07) is 1.53. The Morgan fingerprint density at radius 2 is 2.16 bits per heavy atom. The van der Waals surface area contributed by atoms with Crippen molar-refractivity contribution in [2.24, 2.45) is 10.9 Å². The quantitative estimate of drug-likeness (QED) is 0.348. The number of nitrogens with zero attached hydrogens (tertiary/aromatic N) is 3. The molecule has 0 spiro atoms. The SMILES string of the molecule is CC(CC(N)=NO)Nc1c(Cl)cc(Cl)c2nsnc12. The van der Waals surface area contributed by atoms with Crippen LogP contribution in [-0.4, -0.2) is 25.8 Å². The number of halogens is 2. The molecule has 1 aromatic carbocycles. The van der Waals surface area contributed by atoms with E-state index in [4.69, 9.17) is 34.1 Å². The number of benzene rings is 1. The van der Waals surface area contributed by atoms with Crippen LogP contribution in [0.25, 0.3) is 11.0 Å². The van der Waals surface area contributed by atoms with Crippen molar-refractivity contribution in [2.45, 2.75) is 19.4 Å². The van der Waals surface area contributed by atoms with Gasteiger partial charge in [-0.1, -0.05) is 28.4 Å². The second kappa shape index (κ2) is 5.77. The van der Waals surface area contributed by atoms with E-state index >= 15 is 0 Å². The van der Waals surface area contributed by atoms with Gasteiger partial charge in [-0.05, 0) is 13.0 Å². The normalized spacial score (nSPS) is 13.7. The van der Waals surface area contributed by atoms with Gasteiger partial charge in [-0.15, -0.1) is 0 Å². The van der Waals surface area contributed by atoms with E-state index in [1.54, 1.807) is 6.07 Å². The van der Waals surface area contributed by atoms with Crippen LogP contribution in [0.2, 0.25) is 10.0 Å². The summed E-state index contributed by atoms with van der Waals surface area (Å²) in [5, 5.41) is 15.6. The molecular weight excluding hydrogens is 309 g/mol. The van der Waals surface area contributed by atoms with Crippen molar-refractivity contribution >= 4 is 57.5 Å². The van der Waals surface area contributed by atoms with Crippen LogP contribution in [0.15, 0.2) is 11.2 Å². The molecule has 0 aliphatic heterocycles. The molecule has 102 valence electrons. The van der Waals surface area contributed by atoms with Gasteiger partial charge in [0.1, 0.15) is 16.9 Å². The van der Waals surface area contributed by atoms with Crippen molar-refractivity contribution in [3.63, 3.8) is 0 Å². The average molecular weight is 320 g/mol. The number of amidine groups is 1. The predicted molar refractivity (Wildman–Crippen MR) is 78.5 cm³/mol. The van der Waals surface area contributed by atoms with Crippen molar-refractivity contribution in [1.82, 2.24) is 8.75 Å². The minimum Gasteiger partial charge on any atom is -0.409 e. The molecule has 0 bridgehead atoms. The lowest BCUT2D eigenvalue weighted by molar-refractivity contribution is 0.316. The maximum absolute atomic E-state index is 8.55. The van der Waals surface area contributed by atoms with Gasteiger partial charge in [-0.25, -0.2) is 0 Å². The molecule has 0 saturated carbocycles. The predicted octanol–water partition coefficient (Wildman–Crippen LogP) is 2.93. The van der Waals surface area contributed by atoms with E-state index < -0.39 is 0 Å². The third-order valence-electron chi connectivity index (χ3n) is 2.48. The number of aromatic nitrogens is 2. The summed E-state index contributed by atoms with van der Waals surface area (Å²) < 4.78 is 8.30. The Balaban J connectivity index is 2.32. The fraction of sp³-hybridized carbons (Fsp3) is 0.300. The summed E-state index contributed by atoms with van der Waals surface area (Å²) in [5.74, 6) is 0.137. The Morgan fingerprint density at radius 3 is 2.84 bits per heavy atom. The molecule has 0 aliphatic carbocycles. The van der Waals surface area contributed by atoms with Crippen LogP contribution < -0.4 is 11.1 Å². The lowest BCUT2D eigenvalue weighted by Crippen LogP contribution is -2.24. The molecule has 0 amide bonds. The summed E-state index contributed by atoms with van der Waals surface area (Å²) in [5.41, 5.74) is 7.33. The van der Waals surface area contributed by atoms with Crippen molar-refractivity contribution in [3.8, 4) is 0 Å². The first kappa shape index (κ1) is 14.1. The van der Waals surface area contributed by atoms with E-state index in [1.807, 2.05) is 6.92 Å². The molecule has 9 heteroatoms. The number of nitrogens with one attached hydrogen (secondary N) is 1. The topological polar surface area (TPSA) is 96.4 Å². The molecule has 0 fully saturated rings. The molecule has 2 aromatic rings. The van der Waals surface area contributed by atoms with Crippen molar-refractivity contribution in [3.05, 3.63) is 16.1 Å². The molecule has 1 aromatic heterocycles. The Labute approximate surface area is 123 Å². The first-order valence-electron chi connectivity index (χ1n) is 5.36. The summed E-state index contributed by atoms with van der Waals surface area (Å²) in [6.07, 6.45) is 0.370. The smallest absolute Gasteiger partial charge is 0.141 e. The van der Waals surface area contributed by atoms with Gasteiger partial charge in [0.05, 0.1) is 27.5 Å². The van der Waals surface area contributed by atoms with Crippen LogP contribution in [0.1, 0.15) is 13.3 Å². The first-order valence-corrected chi connectivity index (χ1v) is 6.84. The summed E-state index contributed by atoms with van der Waals surface area (Å²) >= 11 is 13.3. The molecule has 1 unspecified atom stereocenters. The number of nitrogens with two attached hydrogens (primary N) is 1. The van der Waals surface area contributed by atoms with E-state index in [-0.39, 0.29) is 11.9 Å². The third kappa shape index (κ3) is 2.99. The Hall–Kier alpha value is -1.31. The fourth-order valence-electron chi connectivity index (χ4n) is 1.66. The average Bonchev–Trinajstić information content (AvgIpc) is 2.83. The van der Waals surface area contributed by atoms with E-state index in [1.165, 1.54) is 0 Å². The highest BCUT2D eigenvalue weighted by atomic mass is 35.5. The largest absolute Gasteiger partial charge is 0.409 e. The summed E-state index contributed by atoms with van der Waals surface area (Å²) in [7, 11) is 0. The van der Waals surface area contributed by atoms with Crippen LogP contribution in [0.5, 0.6) is 0 Å². The highest BCUT2D eigenvalue weighted by Gasteiger charge is 2.16. The molecule has 19 heavy (non-hydrogen) atoms. The highest BCUT2D eigenvalue weighted by Crippen LogP contribution is 2.35. The minimum absolute atomic E-state index is 0.0838. The van der Waals surface area contributed by atoms with Gasteiger partial charge in [0.25, 0.3) is 0 Å². The number of hydrogen-bond acceptors (Lipinski definition) is 6. The van der Waals surface area contributed by atoms with E-state index in [0.717, 1.165) is 11.7 Å². The standard InChI is InChI=1S/C10H11Cl2N5OS/c1-4(2-7(13)15-18)14-8-5(11)3-6(12)9-10(8)17-19-16-9/h3-4,14,18H,2H2,1H3,(H2,13,15). The second-order valence-electron chi connectivity index (χ2n) is 4.02. The molecule has 1 atom stereocenters. The van der Waals surface area contributed by atoms with Gasteiger partial charge < -0.3 is 16.3 Å². The molecule has 6 nitrogen and oxygen atoms in total. The van der Waals surface area contributed by atoms with Crippen LogP contribution in [-0.2, 0) is 0 Å². The Morgan fingerprint density at radius 1 is 1.47 bits per heavy atom. The van der Waals surface area contributed by atoms with Gasteiger partial charge in [0.2, 0.25) is 0 Å². The molecule has 2 rings (SSSR count). The molecule has 1 heterocycles. The van der Waals surface area contributed by atoms with Crippen LogP contribution in [0.4, 0.5) is 5.69 Å². The zero-order valence-corrected chi connectivity index (χ0v) is 12.2. The lowest BCUT2D eigenvalue weighted by atomic mass is 10.2. The minimum atomic E-state index is -0.0838. The maximum Gasteiger partial charge on any atom is 0.141 e. The highest BCUT2D eigenvalue weighted by molar-refractivity contribution is 7.00. The first-order chi connectivity index (χ1) is 9.02. The van der Waals surface area contributed by atoms with Crippen LogP contribution in [0, 0.1) is 0 Å². The second-order valence-corrected chi connectivity index (χ2v) is 5.36. The number of fused-ring (bicyclic) bond motifs is 1. The lowest BCUT2D eigenvalue weighted by Gasteiger charge is -2.16. The van der Waals surface area contributed by atoms with Gasteiger partial charge in [0.15, 0.2) is 0 Å². The Bertz CT molecular complexity index is 630. The van der Waals surface area contributed by atoms with E-state index in [9.17, 15) is 0 Å². The van der Waals surface area contributed by atoms with E-state index in [0.29, 0.717) is 33.2 Å². The molecule has 0 radical (unpaired) electrons. The van der Waals surface area contributed by atoms with Gasteiger partial charge in [-0.2, -0.15) is 8.75 Å². The number of rotatable bonds is 4. The summed E-state index contributed by atoms with van der Waals surface area (Å²) in [6.45, 7) is 1.88. The monoisotopic (exact) mass is 319 g/mol. The van der Waals surface area contributed by atoms with Gasteiger partial charge in [-0.3, -0.25) is 0 Å². The van der Waals surface area contributed by atoms with Gasteiger partial charge in [0, 0.05) is 12.5 Å². The van der Waals surface area contributed by atoms with Crippen molar-refractivity contribution in [2.75, 3.05) is 5.32 Å². The number of oxime groups is 1. The summed E-state index contributed by atoms with van der Waals surface area (Å²) in [4.78, 5) is 0. The third-order valence-corrected chi connectivity index (χ3v) is 3.59. The van der Waals surface area contributed by atoms with Gasteiger partial charge >= 0.3 is 0 Å².